The molecule has 1 aromatic heterocycles. The molecular formula is C22H30N6O2. The van der Waals surface area contributed by atoms with E-state index in [1.165, 1.54) is 5.56 Å². The van der Waals surface area contributed by atoms with Crippen LogP contribution in [-0.4, -0.2) is 70.6 Å². The first-order chi connectivity index (χ1) is 14.6. The SMILES string of the molecule is Cc1ccnc(CN2CC(C)C(C3=NC4=CN(C5CCOCC5)CN4C(=O)N3)C2)c1. The molecule has 2 atom stereocenters. The number of ether oxygens (including phenoxy) is 1. The zero-order valence-corrected chi connectivity index (χ0v) is 17.8. The Bertz CT molecular complexity index is 878. The molecule has 8 heteroatoms. The highest BCUT2D eigenvalue weighted by atomic mass is 16.5. The number of carbonyl (C=O) groups is 1. The van der Waals surface area contributed by atoms with Crippen molar-refractivity contribution in [3.05, 3.63) is 41.6 Å². The van der Waals surface area contributed by atoms with E-state index in [0.717, 1.165) is 63.0 Å². The highest BCUT2D eigenvalue weighted by Gasteiger charge is 2.40. The Morgan fingerprint density at radius 1 is 1.27 bits per heavy atom. The van der Waals surface area contributed by atoms with Crippen LogP contribution in [-0.2, 0) is 11.3 Å². The van der Waals surface area contributed by atoms with Gasteiger partial charge in [-0.15, -0.1) is 0 Å². The summed E-state index contributed by atoms with van der Waals surface area (Å²) in [6.45, 7) is 9.18. The van der Waals surface area contributed by atoms with Crippen LogP contribution in [0.1, 0.15) is 31.0 Å². The van der Waals surface area contributed by atoms with Crippen molar-refractivity contribution >= 4 is 11.9 Å². The van der Waals surface area contributed by atoms with Crippen LogP contribution >= 0.6 is 0 Å². The van der Waals surface area contributed by atoms with Gasteiger partial charge in [0, 0.05) is 57.2 Å². The molecule has 0 bridgehead atoms. The Morgan fingerprint density at radius 2 is 2.10 bits per heavy atom. The van der Waals surface area contributed by atoms with E-state index in [-0.39, 0.29) is 11.9 Å². The van der Waals surface area contributed by atoms with Gasteiger partial charge in [-0.3, -0.25) is 20.1 Å². The van der Waals surface area contributed by atoms with Crippen molar-refractivity contribution in [3.8, 4) is 0 Å². The lowest BCUT2D eigenvalue weighted by Gasteiger charge is -2.32. The minimum atomic E-state index is -0.0631. The second-order valence-electron chi connectivity index (χ2n) is 8.94. The number of aryl methyl sites for hydroxylation is 1. The Balaban J connectivity index is 1.29. The zero-order valence-electron chi connectivity index (χ0n) is 17.8. The minimum absolute atomic E-state index is 0.0631. The third-order valence-corrected chi connectivity index (χ3v) is 6.63. The van der Waals surface area contributed by atoms with Crippen molar-refractivity contribution in [3.63, 3.8) is 0 Å². The van der Waals surface area contributed by atoms with Gasteiger partial charge in [0.05, 0.1) is 5.69 Å². The van der Waals surface area contributed by atoms with Crippen LogP contribution in [0.3, 0.4) is 0 Å². The van der Waals surface area contributed by atoms with E-state index in [4.69, 9.17) is 9.73 Å². The lowest BCUT2D eigenvalue weighted by molar-refractivity contribution is 0.0459. The number of rotatable bonds is 4. The molecule has 5 heterocycles. The number of carbonyl (C=O) groups excluding carboxylic acids is 1. The Morgan fingerprint density at radius 3 is 2.90 bits per heavy atom. The summed E-state index contributed by atoms with van der Waals surface area (Å²) in [6, 6.07) is 4.53. The number of hydrogen-bond donors (Lipinski definition) is 1. The molecule has 0 aromatic carbocycles. The summed E-state index contributed by atoms with van der Waals surface area (Å²) in [5.41, 5.74) is 2.32. The summed E-state index contributed by atoms with van der Waals surface area (Å²) in [7, 11) is 0. The van der Waals surface area contributed by atoms with Crippen molar-refractivity contribution in [1.29, 1.82) is 0 Å². The number of aliphatic imine (C=N–C) groups is 1. The molecule has 30 heavy (non-hydrogen) atoms. The third-order valence-electron chi connectivity index (χ3n) is 6.63. The number of amides is 2. The molecule has 0 spiro atoms. The molecule has 0 aliphatic carbocycles. The van der Waals surface area contributed by atoms with E-state index in [2.05, 4.69) is 46.2 Å². The lowest BCUT2D eigenvalue weighted by Crippen LogP contribution is -2.50. The highest BCUT2D eigenvalue weighted by molar-refractivity contribution is 6.02. The molecule has 4 aliphatic rings. The number of amidine groups is 1. The summed E-state index contributed by atoms with van der Waals surface area (Å²) in [5, 5.41) is 3.08. The number of nitrogens with one attached hydrogen (secondary N) is 1. The first kappa shape index (κ1) is 19.5. The fourth-order valence-corrected chi connectivity index (χ4v) is 4.96. The maximum Gasteiger partial charge on any atom is 0.329 e. The molecular weight excluding hydrogens is 380 g/mol. The van der Waals surface area contributed by atoms with Gasteiger partial charge in [-0.1, -0.05) is 6.92 Å². The van der Waals surface area contributed by atoms with Gasteiger partial charge in [0.1, 0.15) is 12.5 Å². The van der Waals surface area contributed by atoms with Crippen LogP contribution < -0.4 is 5.32 Å². The Kier molecular flexibility index (Phi) is 5.20. The maximum atomic E-state index is 12.8. The monoisotopic (exact) mass is 410 g/mol. The molecule has 4 aliphatic heterocycles. The Labute approximate surface area is 177 Å². The first-order valence-electron chi connectivity index (χ1n) is 10.9. The number of hydrogen-bond acceptors (Lipinski definition) is 6. The second kappa shape index (κ2) is 8.00. The number of urea groups is 1. The zero-order chi connectivity index (χ0) is 20.7. The molecule has 160 valence electrons. The average Bonchev–Trinajstić information content (AvgIpc) is 3.32. The van der Waals surface area contributed by atoms with Gasteiger partial charge in [0.25, 0.3) is 0 Å². The van der Waals surface area contributed by atoms with Crippen LogP contribution in [0.5, 0.6) is 0 Å². The van der Waals surface area contributed by atoms with E-state index in [9.17, 15) is 4.79 Å². The smallest absolute Gasteiger partial charge is 0.329 e. The minimum Gasteiger partial charge on any atom is -0.381 e. The van der Waals surface area contributed by atoms with Crippen LogP contribution in [0.15, 0.2) is 35.3 Å². The third kappa shape index (κ3) is 3.81. The molecule has 2 saturated heterocycles. The van der Waals surface area contributed by atoms with Gasteiger partial charge >= 0.3 is 6.03 Å². The van der Waals surface area contributed by atoms with Gasteiger partial charge in [-0.2, -0.15) is 0 Å². The summed E-state index contributed by atoms with van der Waals surface area (Å²) >= 11 is 0. The molecule has 0 saturated carbocycles. The molecule has 2 unspecified atom stereocenters. The molecule has 2 amide bonds. The highest BCUT2D eigenvalue weighted by Crippen LogP contribution is 2.30. The van der Waals surface area contributed by atoms with Crippen LogP contribution in [0.2, 0.25) is 0 Å². The summed E-state index contributed by atoms with van der Waals surface area (Å²) < 4.78 is 5.48. The maximum absolute atomic E-state index is 12.8. The Hall–Kier alpha value is -2.45. The summed E-state index contributed by atoms with van der Waals surface area (Å²) in [6.07, 6.45) is 5.93. The van der Waals surface area contributed by atoms with Crippen LogP contribution in [0.25, 0.3) is 0 Å². The summed E-state index contributed by atoms with van der Waals surface area (Å²) in [5.74, 6) is 2.22. The molecule has 5 rings (SSSR count). The van der Waals surface area contributed by atoms with Gasteiger partial charge in [-0.05, 0) is 43.4 Å². The standard InChI is InChI=1S/C22H30N6O2/c1-15-3-6-23-17(9-15)11-26-10-16(2)19(12-26)21-24-20-13-27(14-28(20)22(29)25-21)18-4-7-30-8-5-18/h3,6,9,13,16,18-19H,4-5,7-8,10-12,14H2,1-2H3,(H,24,25,29). The number of aromatic nitrogens is 1. The van der Waals surface area contributed by atoms with E-state index >= 15 is 0 Å². The van der Waals surface area contributed by atoms with Gasteiger partial charge < -0.3 is 9.64 Å². The average molecular weight is 411 g/mol. The van der Waals surface area contributed by atoms with Crippen LogP contribution in [0, 0.1) is 18.8 Å². The number of nitrogens with zero attached hydrogens (tertiary/aromatic N) is 5. The topological polar surface area (TPSA) is 73.3 Å². The predicted octanol–water partition coefficient (Wildman–Crippen LogP) is 2.13. The first-order valence-corrected chi connectivity index (χ1v) is 10.9. The molecule has 0 radical (unpaired) electrons. The van der Waals surface area contributed by atoms with Crippen molar-refractivity contribution in [2.45, 2.75) is 39.3 Å². The van der Waals surface area contributed by atoms with Crippen molar-refractivity contribution in [2.75, 3.05) is 33.0 Å². The number of fused-ring (bicyclic) bond motifs is 1. The van der Waals surface area contributed by atoms with Gasteiger partial charge in [0.15, 0.2) is 5.82 Å². The van der Waals surface area contributed by atoms with E-state index in [0.29, 0.717) is 18.6 Å². The lowest BCUT2D eigenvalue weighted by atomic mass is 9.96. The second-order valence-corrected chi connectivity index (χ2v) is 8.94. The predicted molar refractivity (Wildman–Crippen MR) is 113 cm³/mol. The molecule has 1 aromatic rings. The van der Waals surface area contributed by atoms with Crippen LogP contribution in [0.4, 0.5) is 4.79 Å². The van der Waals surface area contributed by atoms with Crippen molar-refractivity contribution in [1.82, 2.24) is 25.0 Å². The van der Waals surface area contributed by atoms with Crippen molar-refractivity contribution in [2.24, 2.45) is 16.8 Å². The van der Waals surface area contributed by atoms with Gasteiger partial charge in [-0.25, -0.2) is 9.79 Å². The van der Waals surface area contributed by atoms with Gasteiger partial charge in [0.2, 0.25) is 0 Å². The fraction of sp³-hybridized carbons (Fsp3) is 0.591. The molecule has 1 N–H and O–H groups in total. The molecule has 2 fully saturated rings. The quantitative estimate of drug-likeness (QED) is 0.823. The summed E-state index contributed by atoms with van der Waals surface area (Å²) in [4.78, 5) is 28.6. The van der Waals surface area contributed by atoms with Crippen molar-refractivity contribution < 1.29 is 9.53 Å². The fourth-order valence-electron chi connectivity index (χ4n) is 4.96. The number of pyridine rings is 1. The van der Waals surface area contributed by atoms with E-state index < -0.39 is 0 Å². The molecule has 8 nitrogen and oxygen atoms in total. The van der Waals surface area contributed by atoms with E-state index in [1.54, 1.807) is 4.90 Å². The largest absolute Gasteiger partial charge is 0.381 e. The normalized spacial score (nSPS) is 27.7. The van der Waals surface area contributed by atoms with E-state index in [1.807, 2.05) is 12.3 Å². The number of likely N-dealkylation sites (tertiary alicyclic amines) is 1.